The van der Waals surface area contributed by atoms with Gasteiger partial charge in [-0.1, -0.05) is 53.5 Å². The maximum atomic E-state index is 13.2. The molecule has 0 aliphatic rings. The standard InChI is InChI=1S/C20H20ClN3O2S.C8H7ClO/c1-22-18-9-5-16(6-10-18)14-24(15-19-4-2-3-13-23-19)27(25,26)20-11-7-17(21)8-12-20;9-8-3-1-2-7(6-8)4-5-10/h2-13,22H,14-15H2,1H3;1-3,5-6H,4H2. The Morgan fingerprint density at radius 2 is 1.57 bits per heavy atom. The highest BCUT2D eigenvalue weighted by Crippen LogP contribution is 2.23. The lowest BCUT2D eigenvalue weighted by molar-refractivity contribution is -0.107. The maximum Gasteiger partial charge on any atom is 0.243 e. The molecule has 0 aliphatic heterocycles. The molecule has 0 fully saturated rings. The topological polar surface area (TPSA) is 79.4 Å². The fourth-order valence-corrected chi connectivity index (χ4v) is 5.13. The number of halogens is 2. The summed E-state index contributed by atoms with van der Waals surface area (Å²) in [4.78, 5) is 14.5. The molecule has 0 spiro atoms. The molecule has 0 aliphatic carbocycles. The number of pyridine rings is 1. The average molecular weight is 557 g/mol. The van der Waals surface area contributed by atoms with E-state index in [-0.39, 0.29) is 18.0 Å². The van der Waals surface area contributed by atoms with Crippen molar-refractivity contribution in [2.24, 2.45) is 0 Å². The van der Waals surface area contributed by atoms with Crippen LogP contribution in [0.5, 0.6) is 0 Å². The summed E-state index contributed by atoms with van der Waals surface area (Å²) in [7, 11) is -1.87. The molecule has 0 atom stereocenters. The Labute approximate surface area is 227 Å². The van der Waals surface area contributed by atoms with E-state index in [4.69, 9.17) is 23.2 Å². The van der Waals surface area contributed by atoms with Gasteiger partial charge in [0, 0.05) is 41.9 Å². The van der Waals surface area contributed by atoms with Crippen molar-refractivity contribution in [2.75, 3.05) is 12.4 Å². The van der Waals surface area contributed by atoms with Crippen molar-refractivity contribution in [2.45, 2.75) is 24.4 Å². The Morgan fingerprint density at radius 3 is 2.16 bits per heavy atom. The number of rotatable bonds is 9. The highest BCUT2D eigenvalue weighted by Gasteiger charge is 2.25. The number of hydrogen-bond donors (Lipinski definition) is 1. The molecule has 0 unspecified atom stereocenters. The Balaban J connectivity index is 0.000000319. The molecule has 37 heavy (non-hydrogen) atoms. The number of anilines is 1. The summed E-state index contributed by atoms with van der Waals surface area (Å²) in [5.74, 6) is 0. The van der Waals surface area contributed by atoms with Gasteiger partial charge in [-0.05, 0) is 71.8 Å². The molecule has 0 amide bonds. The fourth-order valence-electron chi connectivity index (χ4n) is 3.39. The van der Waals surface area contributed by atoms with Crippen LogP contribution in [0.2, 0.25) is 10.0 Å². The van der Waals surface area contributed by atoms with E-state index in [2.05, 4.69) is 10.3 Å². The van der Waals surface area contributed by atoms with Crippen LogP contribution in [0.15, 0.2) is 102 Å². The molecular weight excluding hydrogens is 529 g/mol. The Morgan fingerprint density at radius 1 is 0.838 bits per heavy atom. The Hall–Kier alpha value is -3.23. The molecule has 0 saturated carbocycles. The number of aldehydes is 1. The van der Waals surface area contributed by atoms with E-state index in [1.54, 1.807) is 36.5 Å². The van der Waals surface area contributed by atoms with Crippen molar-refractivity contribution in [1.29, 1.82) is 0 Å². The summed E-state index contributed by atoms with van der Waals surface area (Å²) in [6, 6.07) is 26.6. The van der Waals surface area contributed by atoms with Crippen molar-refractivity contribution in [3.05, 3.63) is 124 Å². The molecular formula is C28H27Cl2N3O3S. The van der Waals surface area contributed by atoms with Crippen LogP contribution in [0.3, 0.4) is 0 Å². The van der Waals surface area contributed by atoms with E-state index < -0.39 is 10.0 Å². The summed E-state index contributed by atoms with van der Waals surface area (Å²) >= 11 is 11.6. The third-order valence-electron chi connectivity index (χ3n) is 5.33. The van der Waals surface area contributed by atoms with Crippen molar-refractivity contribution < 1.29 is 13.2 Å². The van der Waals surface area contributed by atoms with E-state index in [0.717, 1.165) is 23.1 Å². The summed E-state index contributed by atoms with van der Waals surface area (Å²) in [6.07, 6.45) is 2.97. The molecule has 1 heterocycles. The minimum atomic E-state index is -3.71. The zero-order chi connectivity index (χ0) is 26.7. The van der Waals surface area contributed by atoms with Gasteiger partial charge in [-0.15, -0.1) is 0 Å². The number of hydrogen-bond acceptors (Lipinski definition) is 5. The Bertz CT molecular complexity index is 1380. The van der Waals surface area contributed by atoms with Gasteiger partial charge in [0.15, 0.2) is 0 Å². The van der Waals surface area contributed by atoms with Gasteiger partial charge < -0.3 is 10.1 Å². The SMILES string of the molecule is CNc1ccc(CN(Cc2ccccn2)S(=O)(=O)c2ccc(Cl)cc2)cc1.O=CCc1cccc(Cl)c1. The smallest absolute Gasteiger partial charge is 0.243 e. The minimum absolute atomic E-state index is 0.180. The molecule has 0 radical (unpaired) electrons. The molecule has 0 saturated heterocycles. The van der Waals surface area contributed by atoms with E-state index in [0.29, 0.717) is 22.2 Å². The molecule has 4 aromatic rings. The van der Waals surface area contributed by atoms with E-state index in [9.17, 15) is 13.2 Å². The molecule has 1 N–H and O–H groups in total. The van der Waals surface area contributed by atoms with Crippen molar-refractivity contribution in [1.82, 2.24) is 9.29 Å². The van der Waals surface area contributed by atoms with E-state index in [1.807, 2.05) is 55.6 Å². The van der Waals surface area contributed by atoms with Crippen LogP contribution in [0.1, 0.15) is 16.8 Å². The van der Waals surface area contributed by atoms with Crippen LogP contribution in [-0.4, -0.2) is 31.0 Å². The van der Waals surface area contributed by atoms with Crippen LogP contribution in [0, 0.1) is 0 Å². The average Bonchev–Trinajstić information content (AvgIpc) is 2.90. The third kappa shape index (κ3) is 8.68. The molecule has 1 aromatic heterocycles. The maximum absolute atomic E-state index is 13.2. The number of carbonyl (C=O) groups excluding carboxylic acids is 1. The summed E-state index contributed by atoms with van der Waals surface area (Å²) < 4.78 is 27.9. The van der Waals surface area contributed by atoms with Crippen molar-refractivity contribution in [3.63, 3.8) is 0 Å². The van der Waals surface area contributed by atoms with E-state index >= 15 is 0 Å². The van der Waals surface area contributed by atoms with Crippen LogP contribution >= 0.6 is 23.2 Å². The van der Waals surface area contributed by atoms with Gasteiger partial charge in [0.2, 0.25) is 10.0 Å². The molecule has 3 aromatic carbocycles. The van der Waals surface area contributed by atoms with Gasteiger partial charge in [0.05, 0.1) is 17.1 Å². The van der Waals surface area contributed by atoms with Gasteiger partial charge in [-0.3, -0.25) is 4.98 Å². The van der Waals surface area contributed by atoms with Crippen molar-refractivity contribution >= 4 is 45.2 Å². The summed E-state index contributed by atoms with van der Waals surface area (Å²) in [5.41, 5.74) is 3.50. The second-order valence-electron chi connectivity index (χ2n) is 8.00. The molecule has 9 heteroatoms. The van der Waals surface area contributed by atoms with Gasteiger partial charge >= 0.3 is 0 Å². The van der Waals surface area contributed by atoms with Crippen LogP contribution in [-0.2, 0) is 34.3 Å². The number of benzene rings is 3. The van der Waals surface area contributed by atoms with Gasteiger partial charge in [0.1, 0.15) is 6.29 Å². The van der Waals surface area contributed by atoms with E-state index in [1.165, 1.54) is 16.4 Å². The first kappa shape index (κ1) is 28.3. The monoisotopic (exact) mass is 555 g/mol. The highest BCUT2D eigenvalue weighted by molar-refractivity contribution is 7.89. The zero-order valence-electron chi connectivity index (χ0n) is 20.2. The number of carbonyl (C=O) groups is 1. The Kier molecular flexibility index (Phi) is 10.7. The van der Waals surface area contributed by atoms with Crippen LogP contribution in [0.4, 0.5) is 5.69 Å². The number of sulfonamides is 1. The number of aromatic nitrogens is 1. The minimum Gasteiger partial charge on any atom is -0.388 e. The quantitative estimate of drug-likeness (QED) is 0.247. The van der Waals surface area contributed by atoms with Crippen LogP contribution < -0.4 is 5.32 Å². The largest absolute Gasteiger partial charge is 0.388 e. The van der Waals surface area contributed by atoms with Crippen LogP contribution in [0.25, 0.3) is 0 Å². The zero-order valence-corrected chi connectivity index (χ0v) is 22.5. The lowest BCUT2D eigenvalue weighted by Gasteiger charge is -2.22. The second-order valence-corrected chi connectivity index (χ2v) is 10.8. The lowest BCUT2D eigenvalue weighted by atomic mass is 10.2. The first-order valence-electron chi connectivity index (χ1n) is 11.4. The molecule has 6 nitrogen and oxygen atoms in total. The lowest BCUT2D eigenvalue weighted by Crippen LogP contribution is -2.30. The molecule has 192 valence electrons. The van der Waals surface area contributed by atoms with Gasteiger partial charge in [-0.2, -0.15) is 4.31 Å². The summed E-state index contributed by atoms with van der Waals surface area (Å²) in [5, 5.41) is 4.23. The first-order chi connectivity index (χ1) is 17.8. The highest BCUT2D eigenvalue weighted by atomic mass is 35.5. The molecule has 4 rings (SSSR count). The molecule has 0 bridgehead atoms. The number of nitrogens with one attached hydrogen (secondary N) is 1. The fraction of sp³-hybridized carbons (Fsp3) is 0.143. The normalized spacial score (nSPS) is 10.9. The predicted octanol–water partition coefficient (Wildman–Crippen LogP) is 6.25. The predicted molar refractivity (Wildman–Crippen MR) is 149 cm³/mol. The van der Waals surface area contributed by atoms with Gasteiger partial charge in [0.25, 0.3) is 0 Å². The third-order valence-corrected chi connectivity index (χ3v) is 7.62. The first-order valence-corrected chi connectivity index (χ1v) is 13.6. The van der Waals surface area contributed by atoms with Crippen molar-refractivity contribution in [3.8, 4) is 0 Å². The number of nitrogens with zero attached hydrogens (tertiary/aromatic N) is 2. The van der Waals surface area contributed by atoms with Gasteiger partial charge in [-0.25, -0.2) is 8.42 Å². The second kappa shape index (κ2) is 13.9. The summed E-state index contributed by atoms with van der Waals surface area (Å²) in [6.45, 7) is 0.422.